The second-order valence-electron chi connectivity index (χ2n) is 8.78. The maximum atomic E-state index is 14.1. The molecular weight excluding hydrogens is 409 g/mol. The van der Waals surface area contributed by atoms with Gasteiger partial charge in [0.25, 0.3) is 0 Å². The van der Waals surface area contributed by atoms with Gasteiger partial charge in [0.2, 0.25) is 5.91 Å². The van der Waals surface area contributed by atoms with Crippen LogP contribution in [0.2, 0.25) is 0 Å². The molecule has 1 aromatic carbocycles. The van der Waals surface area contributed by atoms with Crippen LogP contribution in [0.25, 0.3) is 5.52 Å². The summed E-state index contributed by atoms with van der Waals surface area (Å²) >= 11 is 0. The Morgan fingerprint density at radius 3 is 2.84 bits per heavy atom. The second-order valence-corrected chi connectivity index (χ2v) is 8.78. The highest BCUT2D eigenvalue weighted by atomic mass is 19.1. The third-order valence-corrected chi connectivity index (χ3v) is 6.77. The van der Waals surface area contributed by atoms with Crippen molar-refractivity contribution < 1.29 is 18.7 Å². The Morgan fingerprint density at radius 1 is 1.12 bits per heavy atom. The van der Waals surface area contributed by atoms with Gasteiger partial charge in [-0.25, -0.2) is 4.39 Å². The van der Waals surface area contributed by atoms with E-state index < -0.39 is 5.41 Å². The highest BCUT2D eigenvalue weighted by Gasteiger charge is 2.44. The van der Waals surface area contributed by atoms with Crippen molar-refractivity contribution in [1.29, 1.82) is 0 Å². The minimum absolute atomic E-state index is 0.0516. The smallest absolute Gasteiger partial charge is 0.233 e. The molecule has 168 valence electrons. The molecule has 0 radical (unpaired) electrons. The summed E-state index contributed by atoms with van der Waals surface area (Å²) in [6, 6.07) is 10.6. The lowest BCUT2D eigenvalue weighted by Crippen LogP contribution is -2.51. The molecule has 0 N–H and O–H groups in total. The van der Waals surface area contributed by atoms with Crippen molar-refractivity contribution in [3.05, 3.63) is 72.1 Å². The normalized spacial score (nSPS) is 21.4. The molecule has 0 saturated carbocycles. The van der Waals surface area contributed by atoms with E-state index in [0.29, 0.717) is 52.4 Å². The average molecular weight is 438 g/mol. The molecule has 2 aliphatic heterocycles. The lowest BCUT2D eigenvalue weighted by molar-refractivity contribution is -0.141. The molecule has 2 aliphatic rings. The van der Waals surface area contributed by atoms with Crippen LogP contribution < -0.4 is 0 Å². The minimum Gasteiger partial charge on any atom is -0.381 e. The van der Waals surface area contributed by atoms with Crippen LogP contribution in [0.5, 0.6) is 0 Å². The summed E-state index contributed by atoms with van der Waals surface area (Å²) in [4.78, 5) is 20.5. The molecule has 5 rings (SSSR count). The van der Waals surface area contributed by atoms with Gasteiger partial charge >= 0.3 is 0 Å². The number of carbonyl (C=O) groups excluding carboxylic acids is 1. The number of ether oxygens (including phenoxy) is 2. The van der Waals surface area contributed by atoms with Gasteiger partial charge in [0, 0.05) is 50.8 Å². The molecule has 4 heterocycles. The number of amides is 1. The zero-order chi connectivity index (χ0) is 22.0. The number of fused-ring (bicyclic) bond motifs is 1. The van der Waals surface area contributed by atoms with Crippen molar-refractivity contribution in [3.8, 4) is 0 Å². The molecule has 2 saturated heterocycles. The topological polar surface area (TPSA) is 56.1 Å². The van der Waals surface area contributed by atoms with E-state index in [2.05, 4.69) is 15.5 Å². The Kier molecular flexibility index (Phi) is 5.93. The van der Waals surface area contributed by atoms with Crippen LogP contribution in [0.4, 0.5) is 4.39 Å². The largest absolute Gasteiger partial charge is 0.381 e. The third-order valence-electron chi connectivity index (χ3n) is 6.77. The number of hydrogen-bond acceptors (Lipinski definition) is 4. The lowest BCUT2D eigenvalue weighted by Gasteiger charge is -2.40. The van der Waals surface area contributed by atoms with E-state index >= 15 is 0 Å². The summed E-state index contributed by atoms with van der Waals surface area (Å²) in [7, 11) is 0. The van der Waals surface area contributed by atoms with Crippen LogP contribution in [-0.2, 0) is 26.1 Å². The van der Waals surface area contributed by atoms with E-state index in [-0.39, 0.29) is 17.6 Å². The van der Waals surface area contributed by atoms with Crippen LogP contribution in [0, 0.1) is 11.7 Å². The van der Waals surface area contributed by atoms with Gasteiger partial charge in [-0.3, -0.25) is 9.78 Å². The fraction of sp³-hybridized carbons (Fsp3) is 0.440. The molecular formula is C25H28FN3O3. The molecule has 2 aromatic heterocycles. The standard InChI is InChI=1S/C25H28FN3O3/c26-21-4-1-3-20(16-21)25(6-12-31-13-7-25)24(30)29-11-14-32-18-19(17-29)15-22-23-5-2-9-28(23)10-8-27-22/h1-5,8-10,16,19H,6-7,11-15,17-18H2/t19-/m1/s1. The summed E-state index contributed by atoms with van der Waals surface area (Å²) in [6.45, 7) is 3.21. The van der Waals surface area contributed by atoms with Crippen LogP contribution in [0.3, 0.4) is 0 Å². The number of benzene rings is 1. The van der Waals surface area contributed by atoms with Crippen molar-refractivity contribution in [1.82, 2.24) is 14.3 Å². The van der Waals surface area contributed by atoms with Crippen molar-refractivity contribution in [2.24, 2.45) is 5.92 Å². The van der Waals surface area contributed by atoms with Gasteiger partial charge in [0.15, 0.2) is 0 Å². The SMILES string of the molecule is O=C(N1CCOC[C@H](Cc2nccn3cccc23)C1)C1(c2cccc(F)c2)CCOCC1. The number of hydrogen-bond donors (Lipinski definition) is 0. The summed E-state index contributed by atoms with van der Waals surface area (Å²) < 4.78 is 27.6. The summed E-state index contributed by atoms with van der Waals surface area (Å²) in [5, 5.41) is 0. The van der Waals surface area contributed by atoms with Gasteiger partial charge < -0.3 is 18.8 Å². The van der Waals surface area contributed by atoms with Gasteiger partial charge in [-0.05, 0) is 49.1 Å². The van der Waals surface area contributed by atoms with Crippen molar-refractivity contribution >= 4 is 11.4 Å². The fourth-order valence-corrected chi connectivity index (χ4v) is 5.08. The van der Waals surface area contributed by atoms with Crippen LogP contribution >= 0.6 is 0 Å². The average Bonchev–Trinajstić information content (AvgIpc) is 3.19. The van der Waals surface area contributed by atoms with Gasteiger partial charge in [0.05, 0.1) is 29.8 Å². The highest BCUT2D eigenvalue weighted by Crippen LogP contribution is 2.37. The van der Waals surface area contributed by atoms with E-state index in [0.717, 1.165) is 23.2 Å². The number of nitrogens with zero attached hydrogens (tertiary/aromatic N) is 3. The van der Waals surface area contributed by atoms with Gasteiger partial charge in [-0.1, -0.05) is 12.1 Å². The first-order valence-electron chi connectivity index (χ1n) is 11.3. The van der Waals surface area contributed by atoms with E-state index in [9.17, 15) is 9.18 Å². The molecule has 0 aliphatic carbocycles. The van der Waals surface area contributed by atoms with Crippen molar-refractivity contribution in [3.63, 3.8) is 0 Å². The molecule has 32 heavy (non-hydrogen) atoms. The predicted molar refractivity (Wildman–Crippen MR) is 118 cm³/mol. The van der Waals surface area contributed by atoms with Crippen LogP contribution in [0.1, 0.15) is 24.1 Å². The first-order valence-corrected chi connectivity index (χ1v) is 11.3. The number of halogens is 1. The Labute approximate surface area is 187 Å². The molecule has 0 spiro atoms. The molecule has 0 bridgehead atoms. The van der Waals surface area contributed by atoms with Crippen molar-refractivity contribution in [2.45, 2.75) is 24.7 Å². The Balaban J connectivity index is 1.40. The van der Waals surface area contributed by atoms with Gasteiger partial charge in [0.1, 0.15) is 5.82 Å². The molecule has 1 atom stereocenters. The van der Waals surface area contributed by atoms with E-state index in [1.807, 2.05) is 35.6 Å². The molecule has 7 heteroatoms. The van der Waals surface area contributed by atoms with Crippen LogP contribution in [-0.4, -0.2) is 59.7 Å². The van der Waals surface area contributed by atoms with Gasteiger partial charge in [-0.2, -0.15) is 0 Å². The Hall–Kier alpha value is -2.77. The van der Waals surface area contributed by atoms with Crippen molar-refractivity contribution in [2.75, 3.05) is 39.5 Å². The number of carbonyl (C=O) groups is 1. The van der Waals surface area contributed by atoms with E-state index in [1.54, 1.807) is 6.07 Å². The molecule has 0 unspecified atom stereocenters. The fourth-order valence-electron chi connectivity index (χ4n) is 5.08. The summed E-state index contributed by atoms with van der Waals surface area (Å²) in [5.41, 5.74) is 2.07. The Morgan fingerprint density at radius 2 is 2.00 bits per heavy atom. The molecule has 1 amide bonds. The van der Waals surface area contributed by atoms with Gasteiger partial charge in [-0.15, -0.1) is 0 Å². The first-order chi connectivity index (χ1) is 15.7. The summed E-state index contributed by atoms with van der Waals surface area (Å²) in [5.74, 6) is -0.125. The molecule has 6 nitrogen and oxygen atoms in total. The zero-order valence-corrected chi connectivity index (χ0v) is 18.1. The quantitative estimate of drug-likeness (QED) is 0.629. The zero-order valence-electron chi connectivity index (χ0n) is 18.1. The highest BCUT2D eigenvalue weighted by molar-refractivity contribution is 5.88. The molecule has 2 fully saturated rings. The van der Waals surface area contributed by atoms with E-state index in [1.165, 1.54) is 12.1 Å². The van der Waals surface area contributed by atoms with E-state index in [4.69, 9.17) is 9.47 Å². The Bertz CT molecular complexity index is 1090. The number of aromatic nitrogens is 2. The lowest BCUT2D eigenvalue weighted by atomic mass is 9.72. The minimum atomic E-state index is -0.755. The summed E-state index contributed by atoms with van der Waals surface area (Å²) in [6.07, 6.45) is 7.60. The maximum absolute atomic E-state index is 14.1. The first kappa shape index (κ1) is 21.1. The maximum Gasteiger partial charge on any atom is 0.233 e. The molecule has 3 aromatic rings. The monoisotopic (exact) mass is 437 g/mol. The second kappa shape index (κ2) is 9.00. The predicted octanol–water partition coefficient (Wildman–Crippen LogP) is 3.24. The van der Waals surface area contributed by atoms with Crippen LogP contribution in [0.15, 0.2) is 55.0 Å². The third kappa shape index (κ3) is 4.02. The number of rotatable bonds is 4.